The zero-order chi connectivity index (χ0) is 20.2. The van der Waals surface area contributed by atoms with E-state index in [0.29, 0.717) is 12.1 Å². The Labute approximate surface area is 190 Å². The van der Waals surface area contributed by atoms with Gasteiger partial charge in [0.05, 0.1) is 19.8 Å². The molecule has 0 heterocycles. The van der Waals surface area contributed by atoms with Crippen molar-refractivity contribution in [3.05, 3.63) is 65.2 Å². The molecule has 158 valence electrons. The molecule has 29 heavy (non-hydrogen) atoms. The Hall–Kier alpha value is -2.29. The third kappa shape index (κ3) is 8.31. The molecule has 2 N–H and O–H groups in total. The second kappa shape index (κ2) is 13.8. The number of carbonyl (C=O) groups excluding carboxylic acids is 1. The van der Waals surface area contributed by atoms with Crippen LogP contribution in [0, 0.1) is 0 Å². The Morgan fingerprint density at radius 3 is 2.38 bits per heavy atom. The average molecular weight is 511 g/mol. The summed E-state index contributed by atoms with van der Waals surface area (Å²) < 4.78 is 10.1. The molecule has 0 bridgehead atoms. The average Bonchev–Trinajstić information content (AvgIpc) is 2.74. The molecule has 0 fully saturated rings. The topological polar surface area (TPSA) is 72.0 Å². The van der Waals surface area contributed by atoms with E-state index in [1.807, 2.05) is 37.3 Å². The molecule has 0 amide bonds. The summed E-state index contributed by atoms with van der Waals surface area (Å²) in [6.07, 6.45) is 1.65. The maximum absolute atomic E-state index is 11.5. The fraction of sp³-hybridized carbons (Fsp3) is 0.364. The lowest BCUT2D eigenvalue weighted by molar-refractivity contribution is 0.0600. The zero-order valence-corrected chi connectivity index (χ0v) is 19.6. The number of carbonyl (C=O) groups is 1. The van der Waals surface area contributed by atoms with Crippen LogP contribution in [0.15, 0.2) is 53.5 Å². The number of hydrogen-bond acceptors (Lipinski definition) is 4. The number of aliphatic imine (C=N–C) groups is 1. The summed E-state index contributed by atoms with van der Waals surface area (Å²) in [6, 6.07) is 15.5. The second-order valence-corrected chi connectivity index (χ2v) is 6.19. The third-order valence-corrected chi connectivity index (χ3v) is 4.27. The molecule has 0 aromatic heterocycles. The van der Waals surface area contributed by atoms with Gasteiger partial charge in [0.25, 0.3) is 0 Å². The molecular formula is C22H30IN3O3. The van der Waals surface area contributed by atoms with E-state index in [1.54, 1.807) is 19.2 Å². The van der Waals surface area contributed by atoms with Crippen LogP contribution in [-0.2, 0) is 17.6 Å². The minimum absolute atomic E-state index is 0. The van der Waals surface area contributed by atoms with Gasteiger partial charge in [0, 0.05) is 19.6 Å². The fourth-order valence-electron chi connectivity index (χ4n) is 2.79. The highest BCUT2D eigenvalue weighted by Crippen LogP contribution is 2.17. The van der Waals surface area contributed by atoms with Gasteiger partial charge in [-0.25, -0.2) is 4.79 Å². The van der Waals surface area contributed by atoms with E-state index in [1.165, 1.54) is 7.11 Å². The summed E-state index contributed by atoms with van der Waals surface area (Å²) in [5.74, 6) is 1.37. The van der Waals surface area contributed by atoms with Crippen LogP contribution in [-0.4, -0.2) is 45.8 Å². The van der Waals surface area contributed by atoms with Crippen molar-refractivity contribution in [2.75, 3.05) is 33.9 Å². The van der Waals surface area contributed by atoms with Gasteiger partial charge in [0.2, 0.25) is 0 Å². The molecule has 0 aliphatic carbocycles. The minimum atomic E-state index is -0.318. The first-order valence-electron chi connectivity index (χ1n) is 9.49. The Morgan fingerprint density at radius 2 is 1.72 bits per heavy atom. The van der Waals surface area contributed by atoms with E-state index in [0.717, 1.165) is 48.8 Å². The van der Waals surface area contributed by atoms with E-state index in [4.69, 9.17) is 9.47 Å². The van der Waals surface area contributed by atoms with Crippen LogP contribution >= 0.6 is 24.0 Å². The van der Waals surface area contributed by atoms with Crippen molar-refractivity contribution >= 4 is 35.9 Å². The maximum atomic E-state index is 11.5. The van der Waals surface area contributed by atoms with Gasteiger partial charge in [0.15, 0.2) is 5.96 Å². The first-order valence-corrected chi connectivity index (χ1v) is 9.49. The van der Waals surface area contributed by atoms with Crippen LogP contribution in [0.4, 0.5) is 0 Å². The summed E-state index contributed by atoms with van der Waals surface area (Å²) in [5, 5.41) is 6.61. The number of benzene rings is 2. The van der Waals surface area contributed by atoms with Gasteiger partial charge in [-0.05, 0) is 49.1 Å². The number of methoxy groups -OCH3 is 2. The normalized spacial score (nSPS) is 10.7. The molecule has 2 aromatic carbocycles. The summed E-state index contributed by atoms with van der Waals surface area (Å²) >= 11 is 0. The van der Waals surface area contributed by atoms with Crippen molar-refractivity contribution in [3.8, 4) is 5.75 Å². The molecule has 0 aliphatic rings. The standard InChI is InChI=1S/C22H29N3O3.HI/c1-4-23-22(25-16-14-18-7-5-6-8-20(18)27-2)24-15-13-17-9-11-19(12-10-17)21(26)28-3;/h5-12H,4,13-16H2,1-3H3,(H2,23,24,25);1H. The summed E-state index contributed by atoms with van der Waals surface area (Å²) in [4.78, 5) is 16.1. The second-order valence-electron chi connectivity index (χ2n) is 6.19. The Balaban J connectivity index is 0.00000420. The van der Waals surface area contributed by atoms with Gasteiger partial charge in [0.1, 0.15) is 5.75 Å². The SMILES string of the molecule is CCNC(=NCCc1ccccc1OC)NCCc1ccc(C(=O)OC)cc1.I. The lowest BCUT2D eigenvalue weighted by atomic mass is 10.1. The van der Waals surface area contributed by atoms with Crippen LogP contribution in [0.25, 0.3) is 0 Å². The van der Waals surface area contributed by atoms with Gasteiger partial charge in [-0.3, -0.25) is 4.99 Å². The number of halogens is 1. The van der Waals surface area contributed by atoms with Crippen molar-refractivity contribution in [1.29, 1.82) is 0 Å². The molecule has 0 saturated heterocycles. The fourth-order valence-corrected chi connectivity index (χ4v) is 2.79. The van der Waals surface area contributed by atoms with Gasteiger partial charge in [-0.1, -0.05) is 30.3 Å². The Morgan fingerprint density at radius 1 is 1.00 bits per heavy atom. The molecule has 2 rings (SSSR count). The molecule has 0 saturated carbocycles. The number of nitrogens with zero attached hydrogens (tertiary/aromatic N) is 1. The monoisotopic (exact) mass is 511 g/mol. The lowest BCUT2D eigenvalue weighted by Crippen LogP contribution is -2.38. The molecule has 7 heteroatoms. The molecule has 0 radical (unpaired) electrons. The quantitative estimate of drug-likeness (QED) is 0.234. The van der Waals surface area contributed by atoms with Crippen LogP contribution in [0.1, 0.15) is 28.4 Å². The van der Waals surface area contributed by atoms with E-state index in [2.05, 4.69) is 21.7 Å². The van der Waals surface area contributed by atoms with E-state index in [9.17, 15) is 4.79 Å². The van der Waals surface area contributed by atoms with E-state index >= 15 is 0 Å². The van der Waals surface area contributed by atoms with E-state index < -0.39 is 0 Å². The highest BCUT2D eigenvalue weighted by Gasteiger charge is 2.05. The van der Waals surface area contributed by atoms with Crippen molar-refractivity contribution in [1.82, 2.24) is 10.6 Å². The van der Waals surface area contributed by atoms with Crippen LogP contribution < -0.4 is 15.4 Å². The first kappa shape index (κ1) is 24.7. The number of hydrogen-bond donors (Lipinski definition) is 2. The molecule has 0 unspecified atom stereocenters. The minimum Gasteiger partial charge on any atom is -0.496 e. The van der Waals surface area contributed by atoms with Crippen LogP contribution in [0.5, 0.6) is 5.75 Å². The number of ether oxygens (including phenoxy) is 2. The number of guanidine groups is 1. The highest BCUT2D eigenvalue weighted by atomic mass is 127. The Bertz CT molecular complexity index is 779. The summed E-state index contributed by atoms with van der Waals surface area (Å²) in [6.45, 7) is 4.26. The van der Waals surface area contributed by atoms with Gasteiger partial charge < -0.3 is 20.1 Å². The Kier molecular flexibility index (Phi) is 11.8. The molecule has 0 atom stereocenters. The molecule has 2 aromatic rings. The van der Waals surface area contributed by atoms with Crippen molar-refractivity contribution in [2.45, 2.75) is 19.8 Å². The van der Waals surface area contributed by atoms with E-state index in [-0.39, 0.29) is 29.9 Å². The van der Waals surface area contributed by atoms with Gasteiger partial charge >= 0.3 is 5.97 Å². The largest absolute Gasteiger partial charge is 0.496 e. The van der Waals surface area contributed by atoms with Crippen molar-refractivity contribution < 1.29 is 14.3 Å². The number of esters is 1. The molecular weight excluding hydrogens is 481 g/mol. The van der Waals surface area contributed by atoms with Crippen LogP contribution in [0.3, 0.4) is 0 Å². The molecule has 0 aliphatic heterocycles. The summed E-state index contributed by atoms with van der Waals surface area (Å²) in [5.41, 5.74) is 2.85. The first-order chi connectivity index (χ1) is 13.7. The number of para-hydroxylation sites is 1. The van der Waals surface area contributed by atoms with Crippen molar-refractivity contribution in [3.63, 3.8) is 0 Å². The predicted octanol–water partition coefficient (Wildman–Crippen LogP) is 3.44. The van der Waals surface area contributed by atoms with Crippen molar-refractivity contribution in [2.24, 2.45) is 4.99 Å². The molecule has 6 nitrogen and oxygen atoms in total. The predicted molar refractivity (Wildman–Crippen MR) is 128 cm³/mol. The number of rotatable bonds is 9. The zero-order valence-electron chi connectivity index (χ0n) is 17.2. The molecule has 0 spiro atoms. The van der Waals surface area contributed by atoms with Gasteiger partial charge in [-0.2, -0.15) is 0 Å². The maximum Gasteiger partial charge on any atom is 0.337 e. The van der Waals surface area contributed by atoms with Crippen LogP contribution in [0.2, 0.25) is 0 Å². The highest BCUT2D eigenvalue weighted by molar-refractivity contribution is 14.0. The number of nitrogens with one attached hydrogen (secondary N) is 2. The third-order valence-electron chi connectivity index (χ3n) is 4.27. The summed E-state index contributed by atoms with van der Waals surface area (Å²) in [7, 11) is 3.07. The lowest BCUT2D eigenvalue weighted by Gasteiger charge is -2.12. The van der Waals surface area contributed by atoms with Gasteiger partial charge in [-0.15, -0.1) is 24.0 Å². The smallest absolute Gasteiger partial charge is 0.337 e.